The van der Waals surface area contributed by atoms with Crippen molar-refractivity contribution >= 4 is 17.7 Å². The lowest BCUT2D eigenvalue weighted by Gasteiger charge is -2.44. The number of halogens is 1. The summed E-state index contributed by atoms with van der Waals surface area (Å²) in [7, 11) is 1.45. The minimum absolute atomic E-state index is 0.0157. The molecular formula is C29H37FN6O4. The fraction of sp³-hybridized carbons (Fsp3) is 0.621. The highest BCUT2D eigenvalue weighted by Crippen LogP contribution is 2.51. The summed E-state index contributed by atoms with van der Waals surface area (Å²) in [4.78, 5) is 46.8. The molecule has 2 aromatic rings. The molecule has 4 fully saturated rings. The van der Waals surface area contributed by atoms with Crippen molar-refractivity contribution in [2.24, 2.45) is 5.92 Å². The van der Waals surface area contributed by atoms with Gasteiger partial charge in [0.15, 0.2) is 11.5 Å². The molecule has 2 saturated heterocycles. The predicted octanol–water partition coefficient (Wildman–Crippen LogP) is 3.44. The van der Waals surface area contributed by atoms with E-state index in [-0.39, 0.29) is 57.9 Å². The van der Waals surface area contributed by atoms with Gasteiger partial charge in [-0.05, 0) is 70.8 Å². The van der Waals surface area contributed by atoms with Crippen LogP contribution < -0.4 is 10.1 Å². The number of nitrogens with zero attached hydrogens (tertiary/aromatic N) is 4. The molecule has 2 N–H and O–H groups in total. The van der Waals surface area contributed by atoms with Gasteiger partial charge in [0, 0.05) is 54.2 Å². The summed E-state index contributed by atoms with van der Waals surface area (Å²) in [6.07, 6.45) is 9.28. The van der Waals surface area contributed by atoms with E-state index < -0.39 is 5.82 Å². The number of ether oxygens (including phenoxy) is 1. The summed E-state index contributed by atoms with van der Waals surface area (Å²) in [5.41, 5.74) is 0.494. The molecule has 4 heterocycles. The molecule has 2 saturated carbocycles. The average Bonchev–Trinajstić information content (AvgIpc) is 3.41. The molecule has 2 spiro atoms. The van der Waals surface area contributed by atoms with Gasteiger partial charge in [0.2, 0.25) is 17.7 Å². The van der Waals surface area contributed by atoms with E-state index in [0.717, 1.165) is 57.7 Å². The first-order valence-electron chi connectivity index (χ1n) is 14.5. The van der Waals surface area contributed by atoms with E-state index in [9.17, 15) is 18.8 Å². The lowest BCUT2D eigenvalue weighted by molar-refractivity contribution is -0.133. The van der Waals surface area contributed by atoms with Gasteiger partial charge in [-0.2, -0.15) is 5.10 Å². The van der Waals surface area contributed by atoms with Crippen LogP contribution in [0.2, 0.25) is 0 Å². The number of H-pyrrole nitrogens is 1. The van der Waals surface area contributed by atoms with E-state index in [0.29, 0.717) is 31.5 Å². The van der Waals surface area contributed by atoms with Crippen molar-refractivity contribution < 1.29 is 23.5 Å². The second-order valence-corrected chi connectivity index (χ2v) is 11.9. The summed E-state index contributed by atoms with van der Waals surface area (Å²) in [5, 5.41) is 10.3. The number of hydrogen-bond acceptors (Lipinski definition) is 6. The molecule has 2 aliphatic heterocycles. The Morgan fingerprint density at radius 2 is 1.93 bits per heavy atom. The maximum Gasteiger partial charge on any atom is 0.274 e. The van der Waals surface area contributed by atoms with Crippen LogP contribution in [0.15, 0.2) is 18.3 Å². The Kier molecular flexibility index (Phi) is 6.78. The van der Waals surface area contributed by atoms with E-state index in [1.807, 2.05) is 11.8 Å². The number of pyridine rings is 1. The first kappa shape index (κ1) is 26.7. The third kappa shape index (κ3) is 4.62. The molecule has 4 aliphatic rings. The third-order valence-electron chi connectivity index (χ3n) is 9.73. The summed E-state index contributed by atoms with van der Waals surface area (Å²) in [6.45, 7) is 3.29. The molecule has 2 aliphatic carbocycles. The largest absolute Gasteiger partial charge is 0.481 e. The van der Waals surface area contributed by atoms with Crippen LogP contribution in [0.1, 0.15) is 81.6 Å². The van der Waals surface area contributed by atoms with Crippen molar-refractivity contribution in [3.63, 3.8) is 0 Å². The lowest BCUT2D eigenvalue weighted by Crippen LogP contribution is -2.54. The molecule has 0 bridgehead atoms. The monoisotopic (exact) mass is 552 g/mol. The minimum Gasteiger partial charge on any atom is -0.481 e. The number of carbonyl (C=O) groups excluding carboxylic acids is 3. The van der Waals surface area contributed by atoms with E-state index in [2.05, 4.69) is 25.4 Å². The first-order valence-corrected chi connectivity index (χ1v) is 14.5. The van der Waals surface area contributed by atoms with Crippen LogP contribution in [0.5, 0.6) is 5.88 Å². The van der Waals surface area contributed by atoms with Gasteiger partial charge in [-0.3, -0.25) is 19.5 Å². The molecule has 40 heavy (non-hydrogen) atoms. The number of carbonyl (C=O) groups is 3. The Labute approximate surface area is 233 Å². The highest BCUT2D eigenvalue weighted by molar-refractivity contribution is 5.94. The van der Waals surface area contributed by atoms with Gasteiger partial charge in [-0.1, -0.05) is 0 Å². The molecule has 214 valence electrons. The van der Waals surface area contributed by atoms with Gasteiger partial charge in [0.1, 0.15) is 0 Å². The highest BCUT2D eigenvalue weighted by atomic mass is 19.1. The molecule has 0 aromatic carbocycles. The molecule has 3 amide bonds. The minimum atomic E-state index is -0.540. The van der Waals surface area contributed by atoms with Gasteiger partial charge in [-0.15, -0.1) is 0 Å². The van der Waals surface area contributed by atoms with Crippen molar-refractivity contribution in [2.75, 3.05) is 20.2 Å². The van der Waals surface area contributed by atoms with Gasteiger partial charge in [-0.25, -0.2) is 9.37 Å². The summed E-state index contributed by atoms with van der Waals surface area (Å²) in [6, 6.07) is 3.16. The number of amides is 3. The number of nitrogens with one attached hydrogen (secondary N) is 2. The molecule has 6 rings (SSSR count). The lowest BCUT2D eigenvalue weighted by atomic mass is 9.77. The van der Waals surface area contributed by atoms with Crippen molar-refractivity contribution in [1.29, 1.82) is 0 Å². The fourth-order valence-corrected chi connectivity index (χ4v) is 7.32. The zero-order valence-corrected chi connectivity index (χ0v) is 23.2. The zero-order valence-electron chi connectivity index (χ0n) is 23.2. The van der Waals surface area contributed by atoms with E-state index in [1.54, 1.807) is 6.07 Å². The zero-order chi connectivity index (χ0) is 28.1. The van der Waals surface area contributed by atoms with Gasteiger partial charge >= 0.3 is 0 Å². The second-order valence-electron chi connectivity index (χ2n) is 11.9. The Morgan fingerprint density at radius 1 is 1.15 bits per heavy atom. The van der Waals surface area contributed by atoms with Crippen LogP contribution in [-0.4, -0.2) is 80.0 Å². The number of likely N-dealkylation sites (tertiary alicyclic amines) is 2. The van der Waals surface area contributed by atoms with E-state index >= 15 is 0 Å². The predicted molar refractivity (Wildman–Crippen MR) is 144 cm³/mol. The Hall–Kier alpha value is -3.50. The Bertz CT molecular complexity index is 1320. The standard InChI is InChI=1S/C29H37FN6O4/c1-3-35-25(37)6-10-28(35)8-4-19(5-9-28)32-26(38)18-7-13-36(29(16-18)11-12-29)27(39)23-15-22(33-34-23)20-14-24(40-2)31-17-21(20)30/h14-15,17-19H,3-13,16H2,1-2H3,(H,32,38)(H,33,34)/t18-,19-,28-/m0/s1. The molecule has 11 heteroatoms. The number of rotatable bonds is 6. The number of aromatic nitrogens is 3. The van der Waals surface area contributed by atoms with Gasteiger partial charge in [0.25, 0.3) is 5.91 Å². The van der Waals surface area contributed by atoms with Crippen molar-refractivity contribution in [3.8, 4) is 17.1 Å². The molecule has 2 aromatic heterocycles. The van der Waals surface area contributed by atoms with E-state index in [1.165, 1.54) is 13.2 Å². The topological polar surface area (TPSA) is 121 Å². The molecular weight excluding hydrogens is 515 g/mol. The number of aromatic amines is 1. The Balaban J connectivity index is 1.06. The van der Waals surface area contributed by atoms with Crippen LogP contribution in [-0.2, 0) is 9.59 Å². The number of hydrogen-bond donors (Lipinski definition) is 2. The van der Waals surface area contributed by atoms with Gasteiger partial charge < -0.3 is 19.9 Å². The van der Waals surface area contributed by atoms with Crippen molar-refractivity contribution in [2.45, 2.75) is 88.3 Å². The number of piperidine rings is 1. The first-order chi connectivity index (χ1) is 19.3. The SMILES string of the molecule is CCN1C(=O)CC[C@]12CC[C@@H](NC(=O)[C@H]1CCN(C(=O)c3cc(-c4cc(OC)ncc4F)[nH]n3)C3(CC3)C1)CC2. The summed E-state index contributed by atoms with van der Waals surface area (Å²) >= 11 is 0. The third-order valence-corrected chi connectivity index (χ3v) is 9.73. The summed E-state index contributed by atoms with van der Waals surface area (Å²) in [5.74, 6) is -0.266. The van der Waals surface area contributed by atoms with Crippen LogP contribution in [0, 0.1) is 11.7 Å². The maximum atomic E-state index is 14.4. The van der Waals surface area contributed by atoms with Crippen molar-refractivity contribution in [3.05, 3.63) is 29.8 Å². The van der Waals surface area contributed by atoms with Crippen LogP contribution >= 0.6 is 0 Å². The average molecular weight is 553 g/mol. The molecule has 0 unspecified atom stereocenters. The normalized spacial score (nSPS) is 27.3. The van der Waals surface area contributed by atoms with E-state index in [4.69, 9.17) is 4.74 Å². The van der Waals surface area contributed by atoms with Crippen LogP contribution in [0.3, 0.4) is 0 Å². The maximum absolute atomic E-state index is 14.4. The van der Waals surface area contributed by atoms with Gasteiger partial charge in [0.05, 0.1) is 19.0 Å². The molecule has 10 nitrogen and oxygen atoms in total. The number of methoxy groups -OCH3 is 1. The second kappa shape index (κ2) is 10.2. The quantitative estimate of drug-likeness (QED) is 0.567. The molecule has 0 radical (unpaired) electrons. The smallest absolute Gasteiger partial charge is 0.274 e. The fourth-order valence-electron chi connectivity index (χ4n) is 7.32. The van der Waals surface area contributed by atoms with Crippen molar-refractivity contribution in [1.82, 2.24) is 30.3 Å². The molecule has 1 atom stereocenters. The highest BCUT2D eigenvalue weighted by Gasteiger charge is 2.55. The van der Waals surface area contributed by atoms with Crippen LogP contribution in [0.25, 0.3) is 11.3 Å². The Morgan fingerprint density at radius 3 is 2.62 bits per heavy atom. The van der Waals surface area contributed by atoms with Crippen LogP contribution in [0.4, 0.5) is 4.39 Å². The summed E-state index contributed by atoms with van der Waals surface area (Å²) < 4.78 is 19.5.